The highest BCUT2D eigenvalue weighted by molar-refractivity contribution is 5.96. The van der Waals surface area contributed by atoms with E-state index in [1.54, 1.807) is 11.1 Å². The molecule has 1 aromatic carbocycles. The number of nitrogens with one attached hydrogen (secondary N) is 2. The monoisotopic (exact) mass is 270 g/mol. The molecule has 2 heterocycles. The van der Waals surface area contributed by atoms with Crippen molar-refractivity contribution in [3.05, 3.63) is 47.8 Å². The SMILES string of the molecule is CC(NC1CC(=O)N(C)c2ccccc21)c1cn[nH]c1. The molecule has 3 rings (SSSR count). The molecular weight excluding hydrogens is 252 g/mol. The summed E-state index contributed by atoms with van der Waals surface area (Å²) < 4.78 is 0. The van der Waals surface area contributed by atoms with Crippen LogP contribution >= 0.6 is 0 Å². The molecule has 0 aliphatic carbocycles. The fraction of sp³-hybridized carbons (Fsp3) is 0.333. The lowest BCUT2D eigenvalue weighted by Crippen LogP contribution is -2.38. The Bertz CT molecular complexity index is 608. The van der Waals surface area contributed by atoms with Gasteiger partial charge in [-0.15, -0.1) is 0 Å². The number of hydrogen-bond acceptors (Lipinski definition) is 3. The highest BCUT2D eigenvalue weighted by Gasteiger charge is 2.29. The van der Waals surface area contributed by atoms with Crippen molar-refractivity contribution in [2.45, 2.75) is 25.4 Å². The number of para-hydroxylation sites is 1. The standard InChI is InChI=1S/C15H18N4O/c1-10(11-8-16-17-9-11)18-13-7-15(20)19(2)14-6-4-3-5-12(13)14/h3-6,8-10,13,18H,7H2,1-2H3,(H,16,17). The van der Waals surface area contributed by atoms with Crippen molar-refractivity contribution in [2.24, 2.45) is 0 Å². The van der Waals surface area contributed by atoms with Crippen molar-refractivity contribution in [2.75, 3.05) is 11.9 Å². The summed E-state index contributed by atoms with van der Waals surface area (Å²) in [4.78, 5) is 13.8. The molecule has 0 fully saturated rings. The zero-order valence-corrected chi connectivity index (χ0v) is 11.6. The average molecular weight is 270 g/mol. The van der Waals surface area contributed by atoms with Crippen LogP contribution in [0.25, 0.3) is 0 Å². The number of aromatic amines is 1. The number of carbonyl (C=O) groups is 1. The first-order valence-corrected chi connectivity index (χ1v) is 6.77. The van der Waals surface area contributed by atoms with E-state index in [1.165, 1.54) is 5.56 Å². The van der Waals surface area contributed by atoms with Crippen molar-refractivity contribution in [1.29, 1.82) is 0 Å². The van der Waals surface area contributed by atoms with E-state index >= 15 is 0 Å². The van der Waals surface area contributed by atoms with Gasteiger partial charge in [0, 0.05) is 43.0 Å². The smallest absolute Gasteiger partial charge is 0.228 e. The summed E-state index contributed by atoms with van der Waals surface area (Å²) in [6.07, 6.45) is 4.16. The van der Waals surface area contributed by atoms with Crippen LogP contribution in [0.1, 0.15) is 36.6 Å². The number of carbonyl (C=O) groups excluding carboxylic acids is 1. The lowest BCUT2D eigenvalue weighted by Gasteiger charge is -2.33. The molecule has 5 heteroatoms. The van der Waals surface area contributed by atoms with Gasteiger partial charge in [0.1, 0.15) is 0 Å². The number of rotatable bonds is 3. The van der Waals surface area contributed by atoms with E-state index in [0.29, 0.717) is 6.42 Å². The summed E-state index contributed by atoms with van der Waals surface area (Å²) in [5.41, 5.74) is 3.25. The number of fused-ring (bicyclic) bond motifs is 1. The molecule has 104 valence electrons. The Morgan fingerprint density at radius 1 is 1.45 bits per heavy atom. The molecule has 0 spiro atoms. The Hall–Kier alpha value is -2.14. The molecule has 1 aliphatic heterocycles. The number of amides is 1. The van der Waals surface area contributed by atoms with Crippen LogP contribution in [0.5, 0.6) is 0 Å². The maximum Gasteiger partial charge on any atom is 0.228 e. The van der Waals surface area contributed by atoms with Crippen molar-refractivity contribution >= 4 is 11.6 Å². The lowest BCUT2D eigenvalue weighted by atomic mass is 9.95. The third kappa shape index (κ3) is 2.20. The Labute approximate surface area is 118 Å². The van der Waals surface area contributed by atoms with Gasteiger partial charge in [-0.3, -0.25) is 9.89 Å². The van der Waals surface area contributed by atoms with Gasteiger partial charge in [-0.1, -0.05) is 18.2 Å². The van der Waals surface area contributed by atoms with E-state index in [9.17, 15) is 4.79 Å². The third-order valence-electron chi connectivity index (χ3n) is 3.90. The fourth-order valence-electron chi connectivity index (χ4n) is 2.69. The maximum absolute atomic E-state index is 12.1. The molecule has 2 aromatic rings. The van der Waals surface area contributed by atoms with Crippen molar-refractivity contribution in [1.82, 2.24) is 15.5 Å². The van der Waals surface area contributed by atoms with Gasteiger partial charge in [0.25, 0.3) is 0 Å². The van der Waals surface area contributed by atoms with Crippen LogP contribution < -0.4 is 10.2 Å². The van der Waals surface area contributed by atoms with Crippen LogP contribution in [0.15, 0.2) is 36.7 Å². The largest absolute Gasteiger partial charge is 0.315 e. The minimum Gasteiger partial charge on any atom is -0.315 e. The number of H-pyrrole nitrogens is 1. The van der Waals surface area contributed by atoms with Gasteiger partial charge in [0.2, 0.25) is 5.91 Å². The Morgan fingerprint density at radius 2 is 2.25 bits per heavy atom. The predicted molar refractivity (Wildman–Crippen MR) is 77.3 cm³/mol. The second kappa shape index (κ2) is 5.09. The quantitative estimate of drug-likeness (QED) is 0.898. The van der Waals surface area contributed by atoms with Crippen LogP contribution in [0.3, 0.4) is 0 Å². The zero-order valence-electron chi connectivity index (χ0n) is 11.6. The Kier molecular flexibility index (Phi) is 3.28. The topological polar surface area (TPSA) is 61.0 Å². The summed E-state index contributed by atoms with van der Waals surface area (Å²) in [5, 5.41) is 10.3. The molecule has 2 unspecified atom stereocenters. The van der Waals surface area contributed by atoms with Gasteiger partial charge in [0.15, 0.2) is 0 Å². The first kappa shape index (κ1) is 12.9. The van der Waals surface area contributed by atoms with E-state index < -0.39 is 0 Å². The minimum atomic E-state index is 0.0415. The first-order valence-electron chi connectivity index (χ1n) is 6.77. The van der Waals surface area contributed by atoms with Gasteiger partial charge in [-0.2, -0.15) is 5.10 Å². The Morgan fingerprint density at radius 3 is 3.00 bits per heavy atom. The number of aromatic nitrogens is 2. The van der Waals surface area contributed by atoms with Crippen LogP contribution in [-0.4, -0.2) is 23.2 Å². The molecule has 5 nitrogen and oxygen atoms in total. The molecule has 0 saturated carbocycles. The van der Waals surface area contributed by atoms with Gasteiger partial charge >= 0.3 is 0 Å². The van der Waals surface area contributed by atoms with Crippen molar-refractivity contribution in [3.8, 4) is 0 Å². The number of benzene rings is 1. The molecule has 1 aromatic heterocycles. The summed E-state index contributed by atoms with van der Waals surface area (Å²) in [6.45, 7) is 2.08. The first-order chi connectivity index (χ1) is 9.66. The molecule has 0 saturated heterocycles. The van der Waals surface area contributed by atoms with Gasteiger partial charge < -0.3 is 10.2 Å². The number of nitrogens with zero attached hydrogens (tertiary/aromatic N) is 2. The highest BCUT2D eigenvalue weighted by atomic mass is 16.2. The number of anilines is 1. The van der Waals surface area contributed by atoms with Crippen LogP contribution in [0.4, 0.5) is 5.69 Å². The summed E-state index contributed by atoms with van der Waals surface area (Å²) >= 11 is 0. The van der Waals surface area contributed by atoms with E-state index in [4.69, 9.17) is 0 Å². The molecule has 0 radical (unpaired) electrons. The van der Waals surface area contributed by atoms with Crippen molar-refractivity contribution in [3.63, 3.8) is 0 Å². The second-order valence-corrected chi connectivity index (χ2v) is 5.19. The summed E-state index contributed by atoms with van der Waals surface area (Å²) in [5.74, 6) is 0.139. The fourth-order valence-corrected chi connectivity index (χ4v) is 2.69. The molecule has 20 heavy (non-hydrogen) atoms. The maximum atomic E-state index is 12.1. The molecular formula is C15H18N4O. The summed E-state index contributed by atoms with van der Waals surface area (Å²) in [7, 11) is 1.83. The van der Waals surface area contributed by atoms with Crippen LogP contribution in [0.2, 0.25) is 0 Å². The highest BCUT2D eigenvalue weighted by Crippen LogP contribution is 2.34. The zero-order chi connectivity index (χ0) is 14.1. The molecule has 2 N–H and O–H groups in total. The normalized spacial score (nSPS) is 19.8. The summed E-state index contributed by atoms with van der Waals surface area (Å²) in [6, 6.07) is 8.23. The molecule has 1 aliphatic rings. The lowest BCUT2D eigenvalue weighted by molar-refractivity contribution is -0.119. The minimum absolute atomic E-state index is 0.0415. The van der Waals surface area contributed by atoms with Gasteiger partial charge in [0.05, 0.1) is 6.20 Å². The second-order valence-electron chi connectivity index (χ2n) is 5.19. The van der Waals surface area contributed by atoms with Crippen LogP contribution in [-0.2, 0) is 4.79 Å². The van der Waals surface area contributed by atoms with E-state index in [1.807, 2.05) is 31.4 Å². The number of hydrogen-bond donors (Lipinski definition) is 2. The van der Waals surface area contributed by atoms with Gasteiger partial charge in [-0.25, -0.2) is 0 Å². The van der Waals surface area contributed by atoms with Crippen molar-refractivity contribution < 1.29 is 4.79 Å². The molecule has 2 atom stereocenters. The van der Waals surface area contributed by atoms with Crippen LogP contribution in [0, 0.1) is 0 Å². The molecule has 1 amide bonds. The van der Waals surface area contributed by atoms with Gasteiger partial charge in [-0.05, 0) is 18.6 Å². The average Bonchev–Trinajstić information content (AvgIpc) is 2.99. The third-order valence-corrected chi connectivity index (χ3v) is 3.90. The predicted octanol–water partition coefficient (Wildman–Crippen LogP) is 2.17. The van der Waals surface area contributed by atoms with E-state index in [2.05, 4.69) is 28.5 Å². The molecule has 0 bridgehead atoms. The van der Waals surface area contributed by atoms with E-state index in [-0.39, 0.29) is 18.0 Å². The van der Waals surface area contributed by atoms with E-state index in [0.717, 1.165) is 11.3 Å². The Balaban J connectivity index is 1.87.